The van der Waals surface area contributed by atoms with E-state index in [4.69, 9.17) is 0 Å². The standard InChI is InChI=1S/C15H17FN4O2S2/c16-12-3-5-13(6-4-12)24(21,22)20-9-7-19(8-10-20)15-18-17-14(23-15)11-1-2-11/h3-6,11H,1-2,7-10H2. The molecule has 0 spiro atoms. The number of anilines is 1. The summed E-state index contributed by atoms with van der Waals surface area (Å²) in [5, 5.41) is 10.4. The highest BCUT2D eigenvalue weighted by molar-refractivity contribution is 7.89. The molecule has 24 heavy (non-hydrogen) atoms. The number of halogens is 1. The highest BCUT2D eigenvalue weighted by Crippen LogP contribution is 2.42. The van der Waals surface area contributed by atoms with Crippen LogP contribution in [0.3, 0.4) is 0 Å². The number of hydrogen-bond acceptors (Lipinski definition) is 6. The van der Waals surface area contributed by atoms with Crippen molar-refractivity contribution in [1.82, 2.24) is 14.5 Å². The van der Waals surface area contributed by atoms with Gasteiger partial charge in [-0.2, -0.15) is 4.31 Å². The highest BCUT2D eigenvalue weighted by Gasteiger charge is 2.31. The average molecular weight is 368 g/mol. The molecule has 1 saturated carbocycles. The Labute approximate surface area is 144 Å². The van der Waals surface area contributed by atoms with Gasteiger partial charge >= 0.3 is 0 Å². The lowest BCUT2D eigenvalue weighted by atomic mass is 10.4. The molecule has 128 valence electrons. The zero-order chi connectivity index (χ0) is 16.7. The lowest BCUT2D eigenvalue weighted by Gasteiger charge is -2.33. The molecule has 4 rings (SSSR count). The van der Waals surface area contributed by atoms with Gasteiger partial charge in [0.15, 0.2) is 0 Å². The molecule has 2 fully saturated rings. The summed E-state index contributed by atoms with van der Waals surface area (Å²) in [7, 11) is -3.58. The van der Waals surface area contributed by atoms with E-state index in [1.165, 1.54) is 41.4 Å². The minimum atomic E-state index is -3.58. The molecule has 0 unspecified atom stereocenters. The molecule has 1 aliphatic carbocycles. The fourth-order valence-electron chi connectivity index (χ4n) is 2.72. The molecular weight excluding hydrogens is 351 g/mol. The van der Waals surface area contributed by atoms with Gasteiger partial charge in [-0.3, -0.25) is 0 Å². The Hall–Kier alpha value is -1.58. The molecule has 2 heterocycles. The SMILES string of the molecule is O=S(=O)(c1ccc(F)cc1)N1CCN(c2nnc(C3CC3)s2)CC1. The van der Waals surface area contributed by atoms with Crippen LogP contribution < -0.4 is 4.90 Å². The van der Waals surface area contributed by atoms with Gasteiger partial charge in [0.1, 0.15) is 10.8 Å². The summed E-state index contributed by atoms with van der Waals surface area (Å²) < 4.78 is 39.6. The Morgan fingerprint density at radius 1 is 1.04 bits per heavy atom. The number of sulfonamides is 1. The predicted molar refractivity (Wildman–Crippen MR) is 89.3 cm³/mol. The summed E-state index contributed by atoms with van der Waals surface area (Å²) >= 11 is 1.61. The third-order valence-electron chi connectivity index (χ3n) is 4.32. The summed E-state index contributed by atoms with van der Waals surface area (Å²) in [5.41, 5.74) is 0. The van der Waals surface area contributed by atoms with Gasteiger partial charge < -0.3 is 4.90 Å². The first-order valence-electron chi connectivity index (χ1n) is 7.88. The van der Waals surface area contributed by atoms with E-state index in [1.807, 2.05) is 0 Å². The van der Waals surface area contributed by atoms with Gasteiger partial charge in [0.2, 0.25) is 15.2 Å². The van der Waals surface area contributed by atoms with Crippen molar-refractivity contribution >= 4 is 26.5 Å². The van der Waals surface area contributed by atoms with E-state index in [0.29, 0.717) is 32.1 Å². The van der Waals surface area contributed by atoms with E-state index in [1.54, 1.807) is 11.3 Å². The summed E-state index contributed by atoms with van der Waals surface area (Å²) in [6.45, 7) is 1.94. The van der Waals surface area contributed by atoms with Crippen LogP contribution in [-0.4, -0.2) is 49.1 Å². The van der Waals surface area contributed by atoms with Crippen molar-refractivity contribution in [3.8, 4) is 0 Å². The van der Waals surface area contributed by atoms with Crippen LogP contribution in [0.15, 0.2) is 29.2 Å². The predicted octanol–water partition coefficient (Wildman–Crippen LogP) is 2.07. The summed E-state index contributed by atoms with van der Waals surface area (Å²) in [6, 6.07) is 4.96. The molecule has 2 aliphatic rings. The zero-order valence-corrected chi connectivity index (χ0v) is 14.6. The van der Waals surface area contributed by atoms with Crippen LogP contribution in [0.5, 0.6) is 0 Å². The lowest BCUT2D eigenvalue weighted by Crippen LogP contribution is -2.48. The third kappa shape index (κ3) is 3.03. The molecule has 1 saturated heterocycles. The molecule has 6 nitrogen and oxygen atoms in total. The van der Waals surface area contributed by atoms with Crippen LogP contribution in [0, 0.1) is 5.82 Å². The molecule has 1 aromatic carbocycles. The number of aromatic nitrogens is 2. The largest absolute Gasteiger partial charge is 0.344 e. The van der Waals surface area contributed by atoms with Crippen LogP contribution in [0.4, 0.5) is 9.52 Å². The van der Waals surface area contributed by atoms with E-state index in [-0.39, 0.29) is 4.90 Å². The first-order chi connectivity index (χ1) is 11.5. The molecule has 9 heteroatoms. The van der Waals surface area contributed by atoms with Crippen LogP contribution in [-0.2, 0) is 10.0 Å². The van der Waals surface area contributed by atoms with Crippen molar-refractivity contribution in [3.05, 3.63) is 35.1 Å². The Morgan fingerprint density at radius 3 is 2.33 bits per heavy atom. The van der Waals surface area contributed by atoms with Crippen molar-refractivity contribution in [2.75, 3.05) is 31.1 Å². The average Bonchev–Trinajstić information content (AvgIpc) is 3.32. The van der Waals surface area contributed by atoms with Crippen LogP contribution >= 0.6 is 11.3 Å². The summed E-state index contributed by atoms with van der Waals surface area (Å²) in [4.78, 5) is 2.21. The zero-order valence-electron chi connectivity index (χ0n) is 12.9. The molecular formula is C15H17FN4O2S2. The Balaban J connectivity index is 1.44. The minimum Gasteiger partial charge on any atom is -0.344 e. The quantitative estimate of drug-likeness (QED) is 0.826. The fraction of sp³-hybridized carbons (Fsp3) is 0.467. The van der Waals surface area contributed by atoms with E-state index < -0.39 is 15.8 Å². The van der Waals surface area contributed by atoms with Gasteiger partial charge in [0.05, 0.1) is 4.90 Å². The van der Waals surface area contributed by atoms with Crippen molar-refractivity contribution in [2.24, 2.45) is 0 Å². The lowest BCUT2D eigenvalue weighted by molar-refractivity contribution is 0.384. The molecule has 0 atom stereocenters. The number of hydrogen-bond donors (Lipinski definition) is 0. The fourth-order valence-corrected chi connectivity index (χ4v) is 5.21. The molecule has 0 N–H and O–H groups in total. The van der Waals surface area contributed by atoms with Crippen LogP contribution in [0.2, 0.25) is 0 Å². The highest BCUT2D eigenvalue weighted by atomic mass is 32.2. The van der Waals surface area contributed by atoms with Gasteiger partial charge in [-0.1, -0.05) is 11.3 Å². The Kier molecular flexibility index (Phi) is 4.01. The number of benzene rings is 1. The van der Waals surface area contributed by atoms with Gasteiger partial charge in [-0.25, -0.2) is 12.8 Å². The van der Waals surface area contributed by atoms with Crippen molar-refractivity contribution < 1.29 is 12.8 Å². The normalized spacial score (nSPS) is 19.6. The van der Waals surface area contributed by atoms with Gasteiger partial charge in [-0.15, -0.1) is 10.2 Å². The van der Waals surface area contributed by atoms with Gasteiger partial charge in [0, 0.05) is 32.1 Å². The second-order valence-electron chi connectivity index (χ2n) is 6.04. The maximum atomic E-state index is 13.0. The van der Waals surface area contributed by atoms with Crippen molar-refractivity contribution in [1.29, 1.82) is 0 Å². The molecule has 0 bridgehead atoms. The first kappa shape index (κ1) is 15.9. The van der Waals surface area contributed by atoms with Crippen molar-refractivity contribution in [2.45, 2.75) is 23.7 Å². The van der Waals surface area contributed by atoms with Crippen LogP contribution in [0.25, 0.3) is 0 Å². The molecule has 0 amide bonds. The van der Waals surface area contributed by atoms with E-state index in [2.05, 4.69) is 15.1 Å². The van der Waals surface area contributed by atoms with E-state index >= 15 is 0 Å². The molecule has 2 aromatic rings. The van der Waals surface area contributed by atoms with Crippen LogP contribution in [0.1, 0.15) is 23.8 Å². The topological polar surface area (TPSA) is 66.4 Å². The Bertz CT molecular complexity index is 825. The second-order valence-corrected chi connectivity index (χ2v) is 8.97. The maximum Gasteiger partial charge on any atom is 0.243 e. The van der Waals surface area contributed by atoms with E-state index in [0.717, 1.165) is 10.1 Å². The van der Waals surface area contributed by atoms with Gasteiger partial charge in [-0.05, 0) is 37.1 Å². The smallest absolute Gasteiger partial charge is 0.243 e. The monoisotopic (exact) mass is 368 g/mol. The number of piperazine rings is 1. The molecule has 1 aromatic heterocycles. The maximum absolute atomic E-state index is 13.0. The van der Waals surface area contributed by atoms with Crippen molar-refractivity contribution in [3.63, 3.8) is 0 Å². The van der Waals surface area contributed by atoms with E-state index in [9.17, 15) is 12.8 Å². The summed E-state index contributed by atoms with van der Waals surface area (Å²) in [6.07, 6.45) is 2.39. The van der Waals surface area contributed by atoms with Gasteiger partial charge in [0.25, 0.3) is 0 Å². The second kappa shape index (κ2) is 6.05. The molecule has 1 aliphatic heterocycles. The summed E-state index contributed by atoms with van der Waals surface area (Å²) in [5.74, 6) is 0.137. The first-order valence-corrected chi connectivity index (χ1v) is 10.1. The number of nitrogens with zero attached hydrogens (tertiary/aromatic N) is 4. The third-order valence-corrected chi connectivity index (χ3v) is 7.38. The molecule has 0 radical (unpaired) electrons. The Morgan fingerprint density at radius 2 is 1.71 bits per heavy atom. The number of rotatable bonds is 4. The minimum absolute atomic E-state index is 0.129.